The van der Waals surface area contributed by atoms with Gasteiger partial charge in [0.05, 0.1) is 11.5 Å². The Morgan fingerprint density at radius 2 is 1.95 bits per heavy atom. The first-order valence-corrected chi connectivity index (χ1v) is 7.89. The van der Waals surface area contributed by atoms with Gasteiger partial charge in [-0.2, -0.15) is 0 Å². The molecule has 2 aliphatic rings. The van der Waals surface area contributed by atoms with E-state index < -0.39 is 0 Å². The second-order valence-corrected chi connectivity index (χ2v) is 7.47. The summed E-state index contributed by atoms with van der Waals surface area (Å²) >= 11 is 0. The van der Waals surface area contributed by atoms with E-state index in [1.54, 1.807) is 7.11 Å². The van der Waals surface area contributed by atoms with Crippen LogP contribution in [0.3, 0.4) is 0 Å². The maximum atomic E-state index is 12.7. The average molecular weight is 282 g/mol. The van der Waals surface area contributed by atoms with E-state index in [2.05, 4.69) is 26.1 Å². The molecule has 2 fully saturated rings. The molecule has 0 bridgehead atoms. The first-order valence-electron chi connectivity index (χ1n) is 7.89. The van der Waals surface area contributed by atoms with E-state index in [0.717, 1.165) is 38.0 Å². The van der Waals surface area contributed by atoms with Crippen LogP contribution in [-0.4, -0.2) is 31.7 Å². The van der Waals surface area contributed by atoms with Crippen molar-refractivity contribution in [3.05, 3.63) is 0 Å². The van der Waals surface area contributed by atoms with Crippen LogP contribution in [0, 0.1) is 16.7 Å². The minimum absolute atomic E-state index is 0.0160. The first kappa shape index (κ1) is 15.8. The third kappa shape index (κ3) is 2.60. The molecule has 2 aliphatic carbocycles. The summed E-state index contributed by atoms with van der Waals surface area (Å²) in [5.41, 5.74) is 5.64. The molecular weight excluding hydrogens is 252 g/mol. The van der Waals surface area contributed by atoms with Gasteiger partial charge in [-0.3, -0.25) is 4.79 Å². The van der Waals surface area contributed by atoms with Crippen LogP contribution < -0.4 is 11.1 Å². The van der Waals surface area contributed by atoms with Crippen LogP contribution in [0.15, 0.2) is 0 Å². The lowest BCUT2D eigenvalue weighted by atomic mass is 9.63. The van der Waals surface area contributed by atoms with E-state index in [0.29, 0.717) is 6.54 Å². The predicted molar refractivity (Wildman–Crippen MR) is 80.2 cm³/mol. The zero-order valence-electron chi connectivity index (χ0n) is 13.4. The van der Waals surface area contributed by atoms with Crippen molar-refractivity contribution in [2.45, 2.75) is 65.0 Å². The summed E-state index contributed by atoms with van der Waals surface area (Å²) in [6.45, 7) is 7.05. The number of carbonyl (C=O) groups excluding carboxylic acids is 1. The van der Waals surface area contributed by atoms with Crippen molar-refractivity contribution in [2.75, 3.05) is 13.7 Å². The molecule has 2 rings (SSSR count). The lowest BCUT2D eigenvalue weighted by Gasteiger charge is -2.52. The van der Waals surface area contributed by atoms with Crippen LogP contribution in [0.1, 0.15) is 52.9 Å². The quantitative estimate of drug-likeness (QED) is 0.829. The summed E-state index contributed by atoms with van der Waals surface area (Å²) in [6.07, 6.45) is 5.23. The molecule has 0 radical (unpaired) electrons. The highest BCUT2D eigenvalue weighted by molar-refractivity contribution is 5.83. The number of amides is 1. The molecule has 20 heavy (non-hydrogen) atoms. The van der Waals surface area contributed by atoms with Crippen LogP contribution >= 0.6 is 0 Å². The Bertz CT molecular complexity index is 359. The maximum absolute atomic E-state index is 12.7. The number of hydrogen-bond donors (Lipinski definition) is 2. The Morgan fingerprint density at radius 1 is 1.35 bits per heavy atom. The van der Waals surface area contributed by atoms with Crippen LogP contribution in [0.2, 0.25) is 0 Å². The summed E-state index contributed by atoms with van der Waals surface area (Å²) in [7, 11) is 1.74. The van der Waals surface area contributed by atoms with Crippen molar-refractivity contribution in [1.82, 2.24) is 5.32 Å². The normalized spacial score (nSPS) is 40.0. The topological polar surface area (TPSA) is 64.3 Å². The Hall–Kier alpha value is -0.610. The van der Waals surface area contributed by atoms with E-state index in [-0.39, 0.29) is 28.9 Å². The summed E-state index contributed by atoms with van der Waals surface area (Å²) < 4.78 is 5.45. The number of nitrogens with one attached hydrogen (secondary N) is 1. The van der Waals surface area contributed by atoms with Gasteiger partial charge in [-0.15, -0.1) is 0 Å². The fourth-order valence-corrected chi connectivity index (χ4v) is 3.68. The Kier molecular flexibility index (Phi) is 4.45. The molecule has 0 aliphatic heterocycles. The fraction of sp³-hybridized carbons (Fsp3) is 0.938. The van der Waals surface area contributed by atoms with Gasteiger partial charge in [0, 0.05) is 25.1 Å². The molecule has 3 N–H and O–H groups in total. The SMILES string of the molecule is COC1CC(NC(=O)C2(CN)CCC(C)CC2)C1(C)C. The van der Waals surface area contributed by atoms with Gasteiger partial charge in [0.2, 0.25) is 5.91 Å². The van der Waals surface area contributed by atoms with Gasteiger partial charge in [0.25, 0.3) is 0 Å². The molecule has 0 aromatic heterocycles. The Balaban J connectivity index is 1.97. The van der Waals surface area contributed by atoms with Gasteiger partial charge in [-0.05, 0) is 38.0 Å². The fourth-order valence-electron chi connectivity index (χ4n) is 3.68. The second kappa shape index (κ2) is 5.64. The summed E-state index contributed by atoms with van der Waals surface area (Å²) in [4.78, 5) is 12.7. The van der Waals surface area contributed by atoms with E-state index >= 15 is 0 Å². The van der Waals surface area contributed by atoms with Crippen molar-refractivity contribution in [3.63, 3.8) is 0 Å². The second-order valence-electron chi connectivity index (χ2n) is 7.47. The minimum atomic E-state index is -0.333. The van der Waals surface area contributed by atoms with Crippen molar-refractivity contribution in [1.29, 1.82) is 0 Å². The van der Waals surface area contributed by atoms with Gasteiger partial charge in [-0.1, -0.05) is 20.8 Å². The number of methoxy groups -OCH3 is 1. The average Bonchev–Trinajstić information content (AvgIpc) is 2.44. The van der Waals surface area contributed by atoms with Crippen LogP contribution in [0.4, 0.5) is 0 Å². The molecular formula is C16H30N2O2. The van der Waals surface area contributed by atoms with Gasteiger partial charge in [0.1, 0.15) is 0 Å². The number of carbonyl (C=O) groups is 1. The molecule has 116 valence electrons. The monoisotopic (exact) mass is 282 g/mol. The highest BCUT2D eigenvalue weighted by Crippen LogP contribution is 2.44. The number of hydrogen-bond acceptors (Lipinski definition) is 3. The van der Waals surface area contributed by atoms with Gasteiger partial charge in [0.15, 0.2) is 0 Å². The summed E-state index contributed by atoms with van der Waals surface area (Å²) in [5.74, 6) is 0.889. The molecule has 0 aromatic carbocycles. The lowest BCUT2D eigenvalue weighted by molar-refractivity contribution is -0.143. The highest BCUT2D eigenvalue weighted by atomic mass is 16.5. The van der Waals surface area contributed by atoms with Gasteiger partial charge in [-0.25, -0.2) is 0 Å². The Morgan fingerprint density at radius 3 is 2.40 bits per heavy atom. The van der Waals surface area contributed by atoms with Gasteiger partial charge < -0.3 is 15.8 Å². The Labute approximate surface area is 122 Å². The van der Waals surface area contributed by atoms with Crippen LogP contribution in [0.5, 0.6) is 0 Å². The zero-order valence-corrected chi connectivity index (χ0v) is 13.4. The van der Waals surface area contributed by atoms with Gasteiger partial charge >= 0.3 is 0 Å². The third-order valence-corrected chi connectivity index (χ3v) is 5.87. The van der Waals surface area contributed by atoms with E-state index in [4.69, 9.17) is 10.5 Å². The minimum Gasteiger partial charge on any atom is -0.381 e. The molecule has 0 spiro atoms. The predicted octanol–water partition coefficient (Wildman–Crippen LogP) is 2.07. The number of nitrogens with two attached hydrogens (primary N) is 1. The standard InChI is InChI=1S/C16H30N2O2/c1-11-5-7-16(10-17,8-6-11)14(19)18-12-9-13(20-4)15(12,2)3/h11-13H,5-10,17H2,1-4H3,(H,18,19). The van der Waals surface area contributed by atoms with Crippen molar-refractivity contribution in [2.24, 2.45) is 22.5 Å². The molecule has 2 saturated carbocycles. The molecule has 2 atom stereocenters. The summed E-state index contributed by atoms with van der Waals surface area (Å²) in [6, 6.07) is 0.211. The largest absolute Gasteiger partial charge is 0.381 e. The van der Waals surface area contributed by atoms with Crippen molar-refractivity contribution < 1.29 is 9.53 Å². The van der Waals surface area contributed by atoms with E-state index in [1.165, 1.54) is 0 Å². The highest BCUT2D eigenvalue weighted by Gasteiger charge is 2.51. The van der Waals surface area contributed by atoms with Crippen molar-refractivity contribution in [3.8, 4) is 0 Å². The van der Waals surface area contributed by atoms with Crippen LogP contribution in [0.25, 0.3) is 0 Å². The molecule has 2 unspecified atom stereocenters. The number of rotatable bonds is 4. The molecule has 4 nitrogen and oxygen atoms in total. The molecule has 0 aromatic rings. The molecule has 0 saturated heterocycles. The number of ether oxygens (including phenoxy) is 1. The van der Waals surface area contributed by atoms with E-state index in [1.807, 2.05) is 0 Å². The molecule has 0 heterocycles. The van der Waals surface area contributed by atoms with Crippen LogP contribution in [-0.2, 0) is 9.53 Å². The smallest absolute Gasteiger partial charge is 0.227 e. The molecule has 1 amide bonds. The molecule has 4 heteroatoms. The summed E-state index contributed by atoms with van der Waals surface area (Å²) in [5, 5.41) is 3.25. The first-order chi connectivity index (χ1) is 9.35. The van der Waals surface area contributed by atoms with E-state index in [9.17, 15) is 4.79 Å². The third-order valence-electron chi connectivity index (χ3n) is 5.87. The lowest BCUT2D eigenvalue weighted by Crippen LogP contribution is -2.64. The van der Waals surface area contributed by atoms with Crippen molar-refractivity contribution >= 4 is 5.91 Å². The maximum Gasteiger partial charge on any atom is 0.227 e. The zero-order chi connectivity index (χ0) is 15.0.